The van der Waals surface area contributed by atoms with Gasteiger partial charge in [-0.15, -0.1) is 0 Å². The fraction of sp³-hybridized carbons (Fsp3) is 0.500. The topological polar surface area (TPSA) is 42.4 Å². The van der Waals surface area contributed by atoms with Gasteiger partial charge in [-0.3, -0.25) is 4.79 Å². The largest absolute Gasteiger partial charge is 0.377 e. The van der Waals surface area contributed by atoms with Crippen LogP contribution in [0.15, 0.2) is 12.1 Å². The number of rotatable bonds is 1. The van der Waals surface area contributed by atoms with Crippen LogP contribution < -0.4 is 0 Å². The highest BCUT2D eigenvalue weighted by Gasteiger charge is 2.35. The molecule has 98 valence electrons. The molecule has 0 aromatic carbocycles. The standard InChI is InChI=1S/C12H14Cl2N2O2/c1-12(2)7-18-6-5-16(12)11(17)10-8(13)3-4-9(14)15-10/h3-4H,5-7H2,1-2H3. The van der Waals surface area contributed by atoms with Crippen LogP contribution in [0.3, 0.4) is 0 Å². The van der Waals surface area contributed by atoms with Crippen LogP contribution in [0.4, 0.5) is 0 Å². The van der Waals surface area contributed by atoms with Gasteiger partial charge < -0.3 is 9.64 Å². The van der Waals surface area contributed by atoms with E-state index in [-0.39, 0.29) is 22.3 Å². The molecule has 1 amide bonds. The normalized spacial score (nSPS) is 18.8. The number of ether oxygens (including phenoxy) is 1. The van der Waals surface area contributed by atoms with E-state index in [0.29, 0.717) is 24.8 Å². The Hall–Kier alpha value is -0.840. The number of carbonyl (C=O) groups excluding carboxylic acids is 1. The highest BCUT2D eigenvalue weighted by Crippen LogP contribution is 2.24. The van der Waals surface area contributed by atoms with E-state index < -0.39 is 0 Å². The van der Waals surface area contributed by atoms with Crippen molar-refractivity contribution in [2.24, 2.45) is 0 Å². The van der Waals surface area contributed by atoms with Crippen molar-refractivity contribution in [3.8, 4) is 0 Å². The summed E-state index contributed by atoms with van der Waals surface area (Å²) in [5.74, 6) is -0.212. The number of aromatic nitrogens is 1. The molecule has 18 heavy (non-hydrogen) atoms. The van der Waals surface area contributed by atoms with Crippen LogP contribution in [0.1, 0.15) is 24.3 Å². The lowest BCUT2D eigenvalue weighted by Crippen LogP contribution is -2.55. The van der Waals surface area contributed by atoms with Gasteiger partial charge in [-0.05, 0) is 26.0 Å². The first-order chi connectivity index (χ1) is 8.42. The van der Waals surface area contributed by atoms with Crippen molar-refractivity contribution in [2.45, 2.75) is 19.4 Å². The second kappa shape index (κ2) is 5.03. The summed E-state index contributed by atoms with van der Waals surface area (Å²) in [5, 5.41) is 0.570. The van der Waals surface area contributed by atoms with E-state index in [9.17, 15) is 4.79 Å². The van der Waals surface area contributed by atoms with E-state index in [4.69, 9.17) is 27.9 Å². The van der Waals surface area contributed by atoms with Crippen LogP contribution in [0.25, 0.3) is 0 Å². The summed E-state index contributed by atoms with van der Waals surface area (Å²) < 4.78 is 5.38. The molecule has 4 nitrogen and oxygen atoms in total. The molecule has 2 heterocycles. The summed E-state index contributed by atoms with van der Waals surface area (Å²) in [6.45, 7) is 5.44. The molecule has 1 saturated heterocycles. The minimum absolute atomic E-state index is 0.194. The molecule has 1 aromatic rings. The molecule has 1 aliphatic rings. The monoisotopic (exact) mass is 288 g/mol. The van der Waals surface area contributed by atoms with E-state index in [1.54, 1.807) is 17.0 Å². The van der Waals surface area contributed by atoms with E-state index >= 15 is 0 Å². The van der Waals surface area contributed by atoms with E-state index in [1.165, 1.54) is 0 Å². The molecule has 1 fully saturated rings. The Morgan fingerprint density at radius 3 is 2.83 bits per heavy atom. The summed E-state index contributed by atoms with van der Waals surface area (Å²) in [6.07, 6.45) is 0. The van der Waals surface area contributed by atoms with Gasteiger partial charge in [0.25, 0.3) is 5.91 Å². The van der Waals surface area contributed by atoms with Gasteiger partial charge in [0.15, 0.2) is 0 Å². The van der Waals surface area contributed by atoms with Crippen LogP contribution in [0, 0.1) is 0 Å². The molecular formula is C12H14Cl2N2O2. The van der Waals surface area contributed by atoms with Crippen molar-refractivity contribution >= 4 is 29.1 Å². The highest BCUT2D eigenvalue weighted by atomic mass is 35.5. The third-order valence-corrected chi connectivity index (χ3v) is 3.42. The van der Waals surface area contributed by atoms with Crippen molar-refractivity contribution < 1.29 is 9.53 Å². The van der Waals surface area contributed by atoms with Gasteiger partial charge in [0.2, 0.25) is 0 Å². The van der Waals surface area contributed by atoms with Gasteiger partial charge in [0.05, 0.1) is 23.8 Å². The molecule has 0 aliphatic carbocycles. The van der Waals surface area contributed by atoms with Crippen LogP contribution >= 0.6 is 23.2 Å². The fourth-order valence-corrected chi connectivity index (χ4v) is 2.26. The summed E-state index contributed by atoms with van der Waals surface area (Å²) in [7, 11) is 0. The second-order valence-electron chi connectivity index (χ2n) is 4.79. The first-order valence-corrected chi connectivity index (χ1v) is 6.39. The van der Waals surface area contributed by atoms with Gasteiger partial charge in [0, 0.05) is 6.54 Å². The number of carbonyl (C=O) groups is 1. The molecule has 0 bridgehead atoms. The zero-order chi connectivity index (χ0) is 13.3. The van der Waals surface area contributed by atoms with E-state index in [2.05, 4.69) is 4.98 Å². The molecule has 6 heteroatoms. The molecule has 0 radical (unpaired) electrons. The van der Waals surface area contributed by atoms with E-state index in [0.717, 1.165) is 0 Å². The Balaban J connectivity index is 2.33. The maximum absolute atomic E-state index is 12.5. The predicted molar refractivity (Wildman–Crippen MR) is 70.2 cm³/mol. The number of halogens is 2. The zero-order valence-corrected chi connectivity index (χ0v) is 11.8. The lowest BCUT2D eigenvalue weighted by Gasteiger charge is -2.41. The van der Waals surface area contributed by atoms with Crippen LogP contribution in [0.5, 0.6) is 0 Å². The number of hydrogen-bond acceptors (Lipinski definition) is 3. The number of morpholine rings is 1. The number of hydrogen-bond donors (Lipinski definition) is 0. The maximum atomic E-state index is 12.5. The SMILES string of the molecule is CC1(C)COCCN1C(=O)c1nc(Cl)ccc1Cl. The molecule has 1 aliphatic heterocycles. The third kappa shape index (κ3) is 2.60. The van der Waals surface area contributed by atoms with Crippen molar-refractivity contribution in [2.75, 3.05) is 19.8 Å². The van der Waals surface area contributed by atoms with Gasteiger partial charge in [-0.1, -0.05) is 23.2 Å². The van der Waals surface area contributed by atoms with E-state index in [1.807, 2.05) is 13.8 Å². The summed E-state index contributed by atoms with van der Waals surface area (Å²) in [4.78, 5) is 18.2. The molecule has 2 rings (SSSR count). The molecule has 1 aromatic heterocycles. The van der Waals surface area contributed by atoms with Gasteiger partial charge in [-0.25, -0.2) is 4.98 Å². The fourth-order valence-electron chi connectivity index (χ4n) is 1.93. The molecule has 0 saturated carbocycles. The number of nitrogens with zero attached hydrogens (tertiary/aromatic N) is 2. The predicted octanol–water partition coefficient (Wildman–Crippen LogP) is 2.64. The molecule has 0 atom stereocenters. The smallest absolute Gasteiger partial charge is 0.274 e. The molecule has 0 unspecified atom stereocenters. The minimum atomic E-state index is -0.372. The van der Waals surface area contributed by atoms with Gasteiger partial charge in [0.1, 0.15) is 10.8 Å². The van der Waals surface area contributed by atoms with Gasteiger partial charge in [-0.2, -0.15) is 0 Å². The first-order valence-electron chi connectivity index (χ1n) is 5.63. The second-order valence-corrected chi connectivity index (χ2v) is 5.58. The first kappa shape index (κ1) is 13.6. The number of amides is 1. The van der Waals surface area contributed by atoms with Crippen LogP contribution in [-0.2, 0) is 4.74 Å². The lowest BCUT2D eigenvalue weighted by molar-refractivity contribution is -0.0373. The minimum Gasteiger partial charge on any atom is -0.377 e. The van der Waals surface area contributed by atoms with Crippen molar-refractivity contribution in [3.05, 3.63) is 28.0 Å². The van der Waals surface area contributed by atoms with Gasteiger partial charge >= 0.3 is 0 Å². The third-order valence-electron chi connectivity index (χ3n) is 2.90. The Morgan fingerprint density at radius 2 is 2.17 bits per heavy atom. The molecular weight excluding hydrogens is 275 g/mol. The highest BCUT2D eigenvalue weighted by molar-refractivity contribution is 6.34. The zero-order valence-electron chi connectivity index (χ0n) is 10.2. The van der Waals surface area contributed by atoms with Crippen molar-refractivity contribution in [1.29, 1.82) is 0 Å². The number of pyridine rings is 1. The summed E-state index contributed by atoms with van der Waals surface area (Å²) >= 11 is 11.8. The Labute approximate surface area is 116 Å². The molecule has 0 N–H and O–H groups in total. The summed E-state index contributed by atoms with van der Waals surface area (Å²) in [5.41, 5.74) is -0.179. The Morgan fingerprint density at radius 1 is 1.44 bits per heavy atom. The average molecular weight is 289 g/mol. The maximum Gasteiger partial charge on any atom is 0.274 e. The lowest BCUT2D eigenvalue weighted by atomic mass is 10.0. The summed E-state index contributed by atoms with van der Waals surface area (Å²) in [6, 6.07) is 3.14. The molecule has 0 spiro atoms. The van der Waals surface area contributed by atoms with Crippen molar-refractivity contribution in [1.82, 2.24) is 9.88 Å². The van der Waals surface area contributed by atoms with Crippen LogP contribution in [0.2, 0.25) is 10.2 Å². The Kier molecular flexibility index (Phi) is 3.80. The Bertz CT molecular complexity index is 477. The van der Waals surface area contributed by atoms with Crippen molar-refractivity contribution in [3.63, 3.8) is 0 Å². The average Bonchev–Trinajstić information content (AvgIpc) is 2.31. The quantitative estimate of drug-likeness (QED) is 0.746. The van der Waals surface area contributed by atoms with Crippen LogP contribution in [-0.4, -0.2) is 41.1 Å².